The molecule has 3 atom stereocenters. The van der Waals surface area contributed by atoms with Crippen LogP contribution in [0.4, 0.5) is 0 Å². The Bertz CT molecular complexity index is 821. The molecule has 0 spiro atoms. The number of primary amides is 1. The van der Waals surface area contributed by atoms with Crippen LogP contribution in [0.2, 0.25) is 0 Å². The summed E-state index contributed by atoms with van der Waals surface area (Å²) in [6.45, 7) is 2.25. The molecule has 0 fully saturated rings. The van der Waals surface area contributed by atoms with Gasteiger partial charge in [-0.25, -0.2) is 0 Å². The molecule has 0 radical (unpaired) electrons. The average molecular weight is 419 g/mol. The molecule has 5 N–H and O–H groups in total. The van der Waals surface area contributed by atoms with Crippen LogP contribution in [-0.4, -0.2) is 62.9 Å². The van der Waals surface area contributed by atoms with Gasteiger partial charge in [0.15, 0.2) is 0 Å². The van der Waals surface area contributed by atoms with Crippen LogP contribution in [-0.2, 0) is 24.0 Å². The molecule has 0 heterocycles. The van der Waals surface area contributed by atoms with E-state index in [-0.39, 0.29) is 6.42 Å². The first-order valence-corrected chi connectivity index (χ1v) is 9.11. The molecule has 0 aliphatic carbocycles. The maximum absolute atomic E-state index is 12.7. The molecule has 0 bridgehead atoms. The van der Waals surface area contributed by atoms with E-state index in [4.69, 9.17) is 10.8 Å². The average Bonchev–Trinajstić information content (AvgIpc) is 2.66. The second-order valence-corrected chi connectivity index (χ2v) is 6.55. The van der Waals surface area contributed by atoms with Crippen molar-refractivity contribution in [1.29, 1.82) is 0 Å². The number of benzene rings is 1. The summed E-state index contributed by atoms with van der Waals surface area (Å²) < 4.78 is 0. The number of carbonyl (C=O) groups excluding carboxylic acids is 4. The Balaban J connectivity index is 3.08. The Morgan fingerprint density at radius 2 is 1.77 bits per heavy atom. The lowest BCUT2D eigenvalue weighted by atomic mass is 10.1. The van der Waals surface area contributed by atoms with E-state index in [1.807, 2.05) is 0 Å². The summed E-state index contributed by atoms with van der Waals surface area (Å²) in [6, 6.07) is 5.73. The van der Waals surface area contributed by atoms with E-state index in [0.717, 1.165) is 13.0 Å². The van der Waals surface area contributed by atoms with Crippen LogP contribution in [0.15, 0.2) is 36.4 Å². The van der Waals surface area contributed by atoms with Crippen molar-refractivity contribution >= 4 is 35.7 Å². The molecule has 3 unspecified atom stereocenters. The third kappa shape index (κ3) is 7.47. The van der Waals surface area contributed by atoms with Crippen LogP contribution < -0.4 is 11.1 Å². The van der Waals surface area contributed by atoms with Crippen molar-refractivity contribution in [2.24, 2.45) is 5.73 Å². The molecular weight excluding hydrogens is 394 g/mol. The summed E-state index contributed by atoms with van der Waals surface area (Å²) in [5, 5.41) is 21.0. The Morgan fingerprint density at radius 3 is 2.23 bits per heavy atom. The molecule has 1 aromatic carbocycles. The van der Waals surface area contributed by atoms with E-state index < -0.39 is 54.2 Å². The van der Waals surface area contributed by atoms with Crippen molar-refractivity contribution in [3.8, 4) is 0 Å². The van der Waals surface area contributed by atoms with Crippen LogP contribution in [0.5, 0.6) is 0 Å². The van der Waals surface area contributed by atoms with Crippen molar-refractivity contribution in [3.05, 3.63) is 42.0 Å². The fourth-order valence-electron chi connectivity index (χ4n) is 2.66. The van der Waals surface area contributed by atoms with Gasteiger partial charge in [0, 0.05) is 19.4 Å². The van der Waals surface area contributed by atoms with E-state index in [9.17, 15) is 29.1 Å². The molecule has 162 valence electrons. The molecular formula is C20H25N3O7. The molecule has 0 saturated carbocycles. The SMILES string of the molecule is CC(=O)N(C(=O)C=Cc1ccccc1)C(C(=O)NC(CCC(=O)O)C(N)=O)C(C)O. The van der Waals surface area contributed by atoms with Crippen molar-refractivity contribution in [3.63, 3.8) is 0 Å². The molecule has 0 aliphatic rings. The lowest BCUT2D eigenvalue weighted by Gasteiger charge is -2.30. The normalized spacial score (nSPS) is 13.8. The Hall–Kier alpha value is -3.53. The van der Waals surface area contributed by atoms with Crippen LogP contribution in [0.1, 0.15) is 32.3 Å². The van der Waals surface area contributed by atoms with Crippen LogP contribution in [0.3, 0.4) is 0 Å². The highest BCUT2D eigenvalue weighted by molar-refractivity contribution is 6.06. The number of aliphatic carboxylic acids is 1. The number of carboxylic acids is 1. The number of imide groups is 1. The van der Waals surface area contributed by atoms with E-state index in [1.54, 1.807) is 30.3 Å². The number of amides is 4. The van der Waals surface area contributed by atoms with Gasteiger partial charge in [-0.2, -0.15) is 0 Å². The highest BCUT2D eigenvalue weighted by atomic mass is 16.4. The number of nitrogens with one attached hydrogen (secondary N) is 1. The summed E-state index contributed by atoms with van der Waals surface area (Å²) in [5.41, 5.74) is 5.86. The number of rotatable bonds is 10. The lowest BCUT2D eigenvalue weighted by molar-refractivity contribution is -0.152. The van der Waals surface area contributed by atoms with Crippen LogP contribution in [0, 0.1) is 0 Å². The number of hydrogen-bond donors (Lipinski definition) is 4. The fourth-order valence-corrected chi connectivity index (χ4v) is 2.66. The molecule has 4 amide bonds. The number of nitrogens with zero attached hydrogens (tertiary/aromatic N) is 1. The minimum Gasteiger partial charge on any atom is -0.481 e. The monoisotopic (exact) mass is 419 g/mol. The maximum atomic E-state index is 12.7. The molecule has 1 rings (SSSR count). The summed E-state index contributed by atoms with van der Waals surface area (Å²) in [6.07, 6.45) is 0.313. The molecule has 30 heavy (non-hydrogen) atoms. The Kier molecular flexibility index (Phi) is 9.37. The quantitative estimate of drug-likeness (QED) is 0.376. The summed E-state index contributed by atoms with van der Waals surface area (Å²) in [7, 11) is 0. The van der Waals surface area contributed by atoms with Gasteiger partial charge in [0.2, 0.25) is 17.7 Å². The first kappa shape index (κ1) is 24.5. The smallest absolute Gasteiger partial charge is 0.303 e. The van der Waals surface area contributed by atoms with E-state index in [2.05, 4.69) is 5.32 Å². The zero-order chi connectivity index (χ0) is 22.8. The Morgan fingerprint density at radius 1 is 1.17 bits per heavy atom. The predicted molar refractivity (Wildman–Crippen MR) is 106 cm³/mol. The summed E-state index contributed by atoms with van der Waals surface area (Å²) in [5.74, 6) is -4.86. The minimum absolute atomic E-state index is 0.287. The first-order valence-electron chi connectivity index (χ1n) is 9.11. The highest BCUT2D eigenvalue weighted by Gasteiger charge is 2.37. The van der Waals surface area contributed by atoms with E-state index >= 15 is 0 Å². The lowest BCUT2D eigenvalue weighted by Crippen LogP contribution is -2.59. The molecule has 0 aliphatic heterocycles. The van der Waals surface area contributed by atoms with Crippen molar-refractivity contribution in [2.45, 2.75) is 44.9 Å². The van der Waals surface area contributed by atoms with Gasteiger partial charge in [-0.15, -0.1) is 0 Å². The van der Waals surface area contributed by atoms with Crippen molar-refractivity contribution in [1.82, 2.24) is 10.2 Å². The molecule has 10 heteroatoms. The minimum atomic E-state index is -1.65. The highest BCUT2D eigenvalue weighted by Crippen LogP contribution is 2.11. The van der Waals surface area contributed by atoms with Gasteiger partial charge in [0.1, 0.15) is 12.1 Å². The fraction of sp³-hybridized carbons (Fsp3) is 0.350. The number of carboxylic acid groups (broad SMARTS) is 1. The summed E-state index contributed by atoms with van der Waals surface area (Å²) >= 11 is 0. The zero-order valence-electron chi connectivity index (χ0n) is 16.6. The summed E-state index contributed by atoms with van der Waals surface area (Å²) in [4.78, 5) is 60.2. The van der Waals surface area contributed by atoms with E-state index in [1.165, 1.54) is 13.0 Å². The third-order valence-corrected chi connectivity index (χ3v) is 4.11. The predicted octanol–water partition coefficient (Wildman–Crippen LogP) is -0.341. The number of aliphatic hydroxyl groups excluding tert-OH is 1. The van der Waals surface area contributed by atoms with Gasteiger partial charge in [0.25, 0.3) is 5.91 Å². The van der Waals surface area contributed by atoms with Crippen molar-refractivity contribution < 1.29 is 34.2 Å². The standard InChI is InChI=1S/C20H25N3O7/c1-12(24)18(20(30)22-15(19(21)29)9-11-17(27)28)23(13(2)25)16(26)10-8-14-6-4-3-5-7-14/h3-8,10,12,15,18,24H,9,11H2,1-2H3,(H2,21,29)(H,22,30)(H,27,28). The topological polar surface area (TPSA) is 167 Å². The van der Waals surface area contributed by atoms with Gasteiger partial charge in [-0.1, -0.05) is 30.3 Å². The zero-order valence-corrected chi connectivity index (χ0v) is 16.6. The second-order valence-electron chi connectivity index (χ2n) is 6.55. The van der Waals surface area contributed by atoms with Gasteiger partial charge < -0.3 is 21.3 Å². The Labute approximate surface area is 173 Å². The van der Waals surface area contributed by atoms with Gasteiger partial charge >= 0.3 is 5.97 Å². The van der Waals surface area contributed by atoms with Gasteiger partial charge in [0.05, 0.1) is 6.10 Å². The second kappa shape index (κ2) is 11.5. The molecule has 0 aromatic heterocycles. The van der Waals surface area contributed by atoms with Crippen LogP contribution in [0.25, 0.3) is 6.08 Å². The molecule has 10 nitrogen and oxygen atoms in total. The van der Waals surface area contributed by atoms with Gasteiger partial charge in [-0.3, -0.25) is 28.9 Å². The van der Waals surface area contributed by atoms with Crippen molar-refractivity contribution in [2.75, 3.05) is 0 Å². The number of hydrogen-bond acceptors (Lipinski definition) is 6. The van der Waals surface area contributed by atoms with E-state index in [0.29, 0.717) is 10.5 Å². The molecule has 1 aromatic rings. The maximum Gasteiger partial charge on any atom is 0.303 e. The third-order valence-electron chi connectivity index (χ3n) is 4.11. The number of carbonyl (C=O) groups is 5. The number of nitrogens with two attached hydrogens (primary N) is 1. The van der Waals surface area contributed by atoms with Crippen LogP contribution >= 0.6 is 0 Å². The van der Waals surface area contributed by atoms with Gasteiger partial charge in [-0.05, 0) is 25.0 Å². The largest absolute Gasteiger partial charge is 0.481 e. The first-order chi connectivity index (χ1) is 14.0. The molecule has 0 saturated heterocycles. The number of aliphatic hydroxyl groups is 1.